The molecule has 6 aromatic rings. The largest absolute Gasteiger partial charge is 0.492 e. The predicted molar refractivity (Wildman–Crippen MR) is 159 cm³/mol. The molecule has 0 aliphatic carbocycles. The molecule has 0 amide bonds. The molecule has 208 valence electrons. The Morgan fingerprint density at radius 1 is 0.854 bits per heavy atom. The van der Waals surface area contributed by atoms with E-state index in [9.17, 15) is 4.39 Å². The number of imidazole rings is 1. The first-order chi connectivity index (χ1) is 19.8. The quantitative estimate of drug-likeness (QED) is 0.250. The highest BCUT2D eigenvalue weighted by Crippen LogP contribution is 2.33. The van der Waals surface area contributed by atoms with Crippen molar-refractivity contribution in [2.45, 2.75) is 6.54 Å². The van der Waals surface area contributed by atoms with Crippen LogP contribution in [0.4, 0.5) is 4.39 Å². The van der Waals surface area contributed by atoms with Crippen LogP contribution in [0, 0.1) is 5.82 Å². The van der Waals surface area contributed by atoms with Crippen molar-refractivity contribution in [1.29, 1.82) is 0 Å². The van der Waals surface area contributed by atoms with Crippen LogP contribution in [0.25, 0.3) is 56.0 Å². The molecular formula is C31H31FN8O. The number of ether oxygens (including phenoxy) is 1. The van der Waals surface area contributed by atoms with Gasteiger partial charge in [-0.2, -0.15) is 5.10 Å². The number of nitrogens with one attached hydrogen (secondary N) is 2. The summed E-state index contributed by atoms with van der Waals surface area (Å²) in [6.07, 6.45) is 3.69. The lowest BCUT2D eigenvalue weighted by Gasteiger charge is -2.12. The summed E-state index contributed by atoms with van der Waals surface area (Å²) in [5, 5.41) is 7.62. The van der Waals surface area contributed by atoms with Crippen LogP contribution in [0.15, 0.2) is 67.0 Å². The third-order valence-corrected chi connectivity index (χ3v) is 6.72. The van der Waals surface area contributed by atoms with Gasteiger partial charge in [-0.15, -0.1) is 0 Å². The van der Waals surface area contributed by atoms with Gasteiger partial charge < -0.3 is 19.5 Å². The molecule has 9 nitrogen and oxygen atoms in total. The van der Waals surface area contributed by atoms with E-state index in [1.54, 1.807) is 0 Å². The molecule has 6 rings (SSSR count). The van der Waals surface area contributed by atoms with Gasteiger partial charge in [0.15, 0.2) is 11.5 Å². The van der Waals surface area contributed by atoms with Crippen LogP contribution in [0.2, 0.25) is 0 Å². The Hall–Kier alpha value is -4.67. The van der Waals surface area contributed by atoms with Crippen molar-refractivity contribution < 1.29 is 9.13 Å². The Balaban J connectivity index is 1.37. The number of nitrogens with zero attached hydrogens (tertiary/aromatic N) is 6. The Morgan fingerprint density at radius 2 is 1.73 bits per heavy atom. The van der Waals surface area contributed by atoms with E-state index in [4.69, 9.17) is 14.7 Å². The summed E-state index contributed by atoms with van der Waals surface area (Å²) >= 11 is 0. The van der Waals surface area contributed by atoms with Crippen molar-refractivity contribution in [3.05, 3.63) is 78.4 Å². The summed E-state index contributed by atoms with van der Waals surface area (Å²) in [5.41, 5.74) is 7.93. The second-order valence-corrected chi connectivity index (χ2v) is 10.6. The Morgan fingerprint density at radius 3 is 2.56 bits per heavy atom. The van der Waals surface area contributed by atoms with E-state index < -0.39 is 0 Å². The second kappa shape index (κ2) is 11.1. The molecule has 0 unspecified atom stereocenters. The number of hydrogen-bond donors (Lipinski definition) is 2. The number of benzene rings is 2. The average Bonchev–Trinajstić information content (AvgIpc) is 3.56. The van der Waals surface area contributed by atoms with Crippen molar-refractivity contribution in [3.63, 3.8) is 0 Å². The normalized spacial score (nSPS) is 11.8. The molecule has 10 heteroatoms. The molecule has 0 bridgehead atoms. The molecular weight excluding hydrogens is 519 g/mol. The van der Waals surface area contributed by atoms with Crippen molar-refractivity contribution >= 4 is 22.1 Å². The molecule has 41 heavy (non-hydrogen) atoms. The first-order valence-electron chi connectivity index (χ1n) is 13.4. The number of halogens is 1. The van der Waals surface area contributed by atoms with Gasteiger partial charge in [0.2, 0.25) is 0 Å². The van der Waals surface area contributed by atoms with Gasteiger partial charge in [-0.1, -0.05) is 12.1 Å². The molecule has 0 saturated carbocycles. The van der Waals surface area contributed by atoms with Gasteiger partial charge in [-0.3, -0.25) is 10.1 Å². The molecule has 0 aliphatic heterocycles. The standard InChI is InChI=1S/C31H31FN8O/c1-39(2)10-11-41-23-14-20(13-22(32)15-23)24-6-5-7-26-28(24)36-31(35-26)30-29-27(37-38-30)9-8-25(34-29)21-12-19(16-33-17-21)18-40(3)4/h5-9,12-17H,10-11,18H2,1-4H3,(H,35,36)(H,37,38). The number of rotatable bonds is 9. The third kappa shape index (κ3) is 5.65. The summed E-state index contributed by atoms with van der Waals surface area (Å²) in [4.78, 5) is 21.8. The smallest absolute Gasteiger partial charge is 0.161 e. The minimum atomic E-state index is -0.366. The Bertz CT molecular complexity index is 1840. The number of aromatic amines is 2. The summed E-state index contributed by atoms with van der Waals surface area (Å²) in [5.74, 6) is 0.685. The molecule has 0 radical (unpaired) electrons. The third-order valence-electron chi connectivity index (χ3n) is 6.72. The van der Waals surface area contributed by atoms with Crippen LogP contribution in [-0.4, -0.2) is 81.3 Å². The van der Waals surface area contributed by atoms with Crippen molar-refractivity contribution in [2.75, 3.05) is 41.3 Å². The molecule has 0 aliphatic rings. The van der Waals surface area contributed by atoms with Gasteiger partial charge in [-0.05, 0) is 75.7 Å². The molecule has 0 fully saturated rings. The number of likely N-dealkylation sites (N-methyl/N-ethyl adjacent to an activating group) is 1. The maximum atomic E-state index is 14.6. The zero-order valence-corrected chi connectivity index (χ0v) is 23.4. The average molecular weight is 551 g/mol. The zero-order chi connectivity index (χ0) is 28.5. The lowest BCUT2D eigenvalue weighted by atomic mass is 10.0. The van der Waals surface area contributed by atoms with E-state index in [0.717, 1.165) is 46.5 Å². The van der Waals surface area contributed by atoms with Crippen LogP contribution in [-0.2, 0) is 6.54 Å². The van der Waals surface area contributed by atoms with Gasteiger partial charge in [0.05, 0.1) is 22.2 Å². The highest BCUT2D eigenvalue weighted by molar-refractivity contribution is 5.96. The highest BCUT2D eigenvalue weighted by atomic mass is 19.1. The molecule has 0 atom stereocenters. The highest BCUT2D eigenvalue weighted by Gasteiger charge is 2.18. The molecule has 4 heterocycles. The number of hydrogen-bond acceptors (Lipinski definition) is 7. The summed E-state index contributed by atoms with van der Waals surface area (Å²) in [6, 6.07) is 16.6. The van der Waals surface area contributed by atoms with E-state index >= 15 is 0 Å². The first-order valence-corrected chi connectivity index (χ1v) is 13.4. The van der Waals surface area contributed by atoms with Crippen LogP contribution in [0.1, 0.15) is 5.56 Å². The number of fused-ring (bicyclic) bond motifs is 2. The first kappa shape index (κ1) is 26.5. The van der Waals surface area contributed by atoms with E-state index in [1.165, 1.54) is 12.1 Å². The van der Waals surface area contributed by atoms with E-state index in [-0.39, 0.29) is 5.82 Å². The van der Waals surface area contributed by atoms with Gasteiger partial charge in [0.1, 0.15) is 23.7 Å². The number of aromatic nitrogens is 6. The molecule has 2 N–H and O–H groups in total. The lowest BCUT2D eigenvalue weighted by Crippen LogP contribution is -2.19. The minimum absolute atomic E-state index is 0.366. The van der Waals surface area contributed by atoms with Crippen LogP contribution < -0.4 is 4.74 Å². The van der Waals surface area contributed by atoms with Gasteiger partial charge in [0.25, 0.3) is 0 Å². The summed E-state index contributed by atoms with van der Waals surface area (Å²) in [7, 11) is 7.99. The van der Waals surface area contributed by atoms with Gasteiger partial charge in [0, 0.05) is 42.7 Å². The minimum Gasteiger partial charge on any atom is -0.492 e. The number of pyridine rings is 2. The molecule has 0 spiro atoms. The Labute approximate surface area is 237 Å². The van der Waals surface area contributed by atoms with E-state index in [1.807, 2.05) is 81.9 Å². The fourth-order valence-electron chi connectivity index (χ4n) is 4.83. The molecule has 0 saturated heterocycles. The molecule has 2 aromatic carbocycles. The number of H-pyrrole nitrogens is 2. The SMILES string of the molecule is CN(C)CCOc1cc(F)cc(-c2cccc3[nH]c(-c4n[nH]c5ccc(-c6cncc(CN(C)C)c6)nc45)nc23)c1. The Kier molecular flexibility index (Phi) is 7.17. The fourth-order valence-corrected chi connectivity index (χ4v) is 4.83. The summed E-state index contributed by atoms with van der Waals surface area (Å²) in [6.45, 7) is 1.98. The van der Waals surface area contributed by atoms with Crippen molar-refractivity contribution in [1.82, 2.24) is 39.9 Å². The van der Waals surface area contributed by atoms with Crippen molar-refractivity contribution in [2.24, 2.45) is 0 Å². The van der Waals surface area contributed by atoms with Crippen LogP contribution in [0.5, 0.6) is 5.75 Å². The van der Waals surface area contributed by atoms with Gasteiger partial charge >= 0.3 is 0 Å². The monoisotopic (exact) mass is 550 g/mol. The van der Waals surface area contributed by atoms with E-state index in [2.05, 4.69) is 31.1 Å². The second-order valence-electron chi connectivity index (χ2n) is 10.6. The fraction of sp³-hybridized carbons (Fsp3) is 0.226. The van der Waals surface area contributed by atoms with Crippen molar-refractivity contribution in [3.8, 4) is 39.7 Å². The predicted octanol–water partition coefficient (Wildman–Crippen LogP) is 5.37. The van der Waals surface area contributed by atoms with Crippen LogP contribution in [0.3, 0.4) is 0 Å². The summed E-state index contributed by atoms with van der Waals surface area (Å²) < 4.78 is 20.4. The van der Waals surface area contributed by atoms with E-state index in [0.29, 0.717) is 40.5 Å². The number of para-hydroxylation sites is 1. The maximum Gasteiger partial charge on any atom is 0.161 e. The molecule has 4 aromatic heterocycles. The van der Waals surface area contributed by atoms with Crippen LogP contribution >= 0.6 is 0 Å². The zero-order valence-electron chi connectivity index (χ0n) is 23.4. The lowest BCUT2D eigenvalue weighted by molar-refractivity contribution is 0.260. The maximum absolute atomic E-state index is 14.6. The topological polar surface area (TPSA) is 98.8 Å². The van der Waals surface area contributed by atoms with Gasteiger partial charge in [-0.25, -0.2) is 14.4 Å².